The van der Waals surface area contributed by atoms with Gasteiger partial charge in [-0.25, -0.2) is 8.78 Å². The quantitative estimate of drug-likeness (QED) is 0.898. The van der Waals surface area contributed by atoms with Gasteiger partial charge in [0.15, 0.2) is 17.3 Å². The minimum absolute atomic E-state index is 0.00323. The molecule has 1 N–H and O–H groups in total. The van der Waals surface area contributed by atoms with E-state index in [4.69, 9.17) is 9.47 Å². The van der Waals surface area contributed by atoms with Gasteiger partial charge in [0.2, 0.25) is 0 Å². The predicted octanol–water partition coefficient (Wildman–Crippen LogP) is 2.35. The van der Waals surface area contributed by atoms with Gasteiger partial charge in [0, 0.05) is 18.7 Å². The first-order chi connectivity index (χ1) is 8.56. The van der Waals surface area contributed by atoms with E-state index in [2.05, 4.69) is 19.2 Å². The first-order valence-electron chi connectivity index (χ1n) is 6.05. The number of benzene rings is 1. The zero-order valence-corrected chi connectivity index (χ0v) is 10.5. The minimum Gasteiger partial charge on any atom is -0.483 e. The van der Waals surface area contributed by atoms with E-state index in [0.717, 1.165) is 18.7 Å². The Hall–Kier alpha value is -1.36. The highest BCUT2D eigenvalue weighted by Crippen LogP contribution is 2.34. The van der Waals surface area contributed by atoms with Crippen LogP contribution >= 0.6 is 0 Å². The SMILES string of the molecule is CC(C)CNCC1COc2c(F)cc(F)cc2O1. The van der Waals surface area contributed by atoms with Crippen molar-refractivity contribution < 1.29 is 18.3 Å². The van der Waals surface area contributed by atoms with Crippen molar-refractivity contribution in [2.45, 2.75) is 20.0 Å². The largest absolute Gasteiger partial charge is 0.483 e. The van der Waals surface area contributed by atoms with E-state index >= 15 is 0 Å². The lowest BCUT2D eigenvalue weighted by Crippen LogP contribution is -2.39. The summed E-state index contributed by atoms with van der Waals surface area (Å²) in [6.07, 6.45) is -0.225. The fourth-order valence-corrected chi connectivity index (χ4v) is 1.79. The Morgan fingerprint density at radius 3 is 2.89 bits per heavy atom. The molecule has 100 valence electrons. The lowest BCUT2D eigenvalue weighted by atomic mass is 10.2. The van der Waals surface area contributed by atoms with Gasteiger partial charge in [-0.3, -0.25) is 0 Å². The molecule has 1 unspecified atom stereocenters. The van der Waals surface area contributed by atoms with Gasteiger partial charge in [-0.2, -0.15) is 0 Å². The highest BCUT2D eigenvalue weighted by Gasteiger charge is 2.24. The first kappa shape index (κ1) is 13.1. The van der Waals surface area contributed by atoms with Gasteiger partial charge in [-0.05, 0) is 12.5 Å². The van der Waals surface area contributed by atoms with Crippen molar-refractivity contribution in [3.05, 3.63) is 23.8 Å². The molecular weight excluding hydrogens is 240 g/mol. The maximum absolute atomic E-state index is 13.4. The van der Waals surface area contributed by atoms with E-state index in [1.165, 1.54) is 0 Å². The van der Waals surface area contributed by atoms with Crippen LogP contribution in [0.4, 0.5) is 8.78 Å². The molecule has 0 radical (unpaired) electrons. The van der Waals surface area contributed by atoms with Crippen LogP contribution in [0.15, 0.2) is 12.1 Å². The van der Waals surface area contributed by atoms with Crippen LogP contribution in [0, 0.1) is 17.6 Å². The Balaban J connectivity index is 1.97. The molecule has 18 heavy (non-hydrogen) atoms. The zero-order chi connectivity index (χ0) is 13.1. The third-order valence-corrected chi connectivity index (χ3v) is 2.61. The zero-order valence-electron chi connectivity index (χ0n) is 10.5. The van der Waals surface area contributed by atoms with E-state index in [9.17, 15) is 8.78 Å². The number of hydrogen-bond acceptors (Lipinski definition) is 3. The molecule has 1 aliphatic heterocycles. The summed E-state index contributed by atoms with van der Waals surface area (Å²) in [5.74, 6) is -0.715. The first-order valence-corrected chi connectivity index (χ1v) is 6.05. The lowest BCUT2D eigenvalue weighted by molar-refractivity contribution is 0.0851. The molecule has 2 rings (SSSR count). The molecular formula is C13H17F2NO2. The van der Waals surface area contributed by atoms with E-state index in [1.807, 2.05) is 0 Å². The normalized spacial score (nSPS) is 18.2. The van der Waals surface area contributed by atoms with Crippen LogP contribution in [0.25, 0.3) is 0 Å². The average Bonchev–Trinajstić information content (AvgIpc) is 2.27. The molecule has 1 atom stereocenters. The summed E-state index contributed by atoms with van der Waals surface area (Å²) < 4.78 is 37.2. The van der Waals surface area contributed by atoms with Crippen LogP contribution in [0.2, 0.25) is 0 Å². The molecule has 0 fully saturated rings. The van der Waals surface area contributed by atoms with Crippen LogP contribution in [0.3, 0.4) is 0 Å². The van der Waals surface area contributed by atoms with Crippen LogP contribution < -0.4 is 14.8 Å². The van der Waals surface area contributed by atoms with Crippen molar-refractivity contribution in [1.82, 2.24) is 5.32 Å². The summed E-state index contributed by atoms with van der Waals surface area (Å²) in [7, 11) is 0. The molecule has 0 amide bonds. The molecule has 1 heterocycles. The molecule has 0 saturated heterocycles. The monoisotopic (exact) mass is 257 g/mol. The van der Waals surface area contributed by atoms with Crippen molar-refractivity contribution in [1.29, 1.82) is 0 Å². The number of halogens is 2. The Kier molecular flexibility index (Phi) is 4.01. The van der Waals surface area contributed by atoms with Crippen molar-refractivity contribution >= 4 is 0 Å². The highest BCUT2D eigenvalue weighted by molar-refractivity contribution is 5.42. The van der Waals surface area contributed by atoms with Gasteiger partial charge in [0.05, 0.1) is 0 Å². The van der Waals surface area contributed by atoms with Gasteiger partial charge in [-0.1, -0.05) is 13.8 Å². The second-order valence-corrected chi connectivity index (χ2v) is 4.82. The fraction of sp³-hybridized carbons (Fsp3) is 0.538. The number of hydrogen-bond donors (Lipinski definition) is 1. The second kappa shape index (κ2) is 5.52. The van der Waals surface area contributed by atoms with Crippen molar-refractivity contribution in [3.8, 4) is 11.5 Å². The number of fused-ring (bicyclic) bond motifs is 1. The Labute approximate surface area is 105 Å². The average molecular weight is 257 g/mol. The summed E-state index contributed by atoms with van der Waals surface area (Å²) in [6.45, 7) is 5.93. The topological polar surface area (TPSA) is 30.5 Å². The molecule has 5 heteroatoms. The second-order valence-electron chi connectivity index (χ2n) is 4.82. The molecule has 0 spiro atoms. The molecule has 1 aromatic rings. The van der Waals surface area contributed by atoms with Gasteiger partial charge in [-0.15, -0.1) is 0 Å². The maximum atomic E-state index is 13.4. The summed E-state index contributed by atoms with van der Waals surface area (Å²) in [5.41, 5.74) is 0. The molecule has 0 aliphatic carbocycles. The number of nitrogens with one attached hydrogen (secondary N) is 1. The Morgan fingerprint density at radius 1 is 1.39 bits per heavy atom. The molecule has 1 aliphatic rings. The Morgan fingerprint density at radius 2 is 2.17 bits per heavy atom. The van der Waals surface area contributed by atoms with E-state index in [1.54, 1.807) is 0 Å². The van der Waals surface area contributed by atoms with E-state index in [-0.39, 0.29) is 24.2 Å². The molecule has 3 nitrogen and oxygen atoms in total. The van der Waals surface area contributed by atoms with Gasteiger partial charge < -0.3 is 14.8 Å². The molecule has 0 bridgehead atoms. The third kappa shape index (κ3) is 3.10. The van der Waals surface area contributed by atoms with Crippen molar-refractivity contribution in [2.75, 3.05) is 19.7 Å². The van der Waals surface area contributed by atoms with Crippen molar-refractivity contribution in [2.24, 2.45) is 5.92 Å². The smallest absolute Gasteiger partial charge is 0.197 e. The summed E-state index contributed by atoms with van der Waals surface area (Å²) >= 11 is 0. The number of rotatable bonds is 4. The van der Waals surface area contributed by atoms with Crippen LogP contribution in [-0.4, -0.2) is 25.8 Å². The van der Waals surface area contributed by atoms with Crippen LogP contribution in [-0.2, 0) is 0 Å². The van der Waals surface area contributed by atoms with E-state index in [0.29, 0.717) is 12.5 Å². The molecule has 1 aromatic carbocycles. The minimum atomic E-state index is -0.724. The van der Waals surface area contributed by atoms with Crippen LogP contribution in [0.1, 0.15) is 13.8 Å². The summed E-state index contributed by atoms with van der Waals surface area (Å²) in [5, 5.41) is 3.22. The Bertz CT molecular complexity index is 424. The van der Waals surface area contributed by atoms with E-state index < -0.39 is 11.6 Å². The number of ether oxygens (including phenoxy) is 2. The highest BCUT2D eigenvalue weighted by atomic mass is 19.1. The van der Waals surface area contributed by atoms with Crippen LogP contribution in [0.5, 0.6) is 11.5 Å². The molecule has 0 saturated carbocycles. The molecule has 0 aromatic heterocycles. The lowest BCUT2D eigenvalue weighted by Gasteiger charge is -2.27. The van der Waals surface area contributed by atoms with Gasteiger partial charge in [0.1, 0.15) is 18.5 Å². The third-order valence-electron chi connectivity index (χ3n) is 2.61. The predicted molar refractivity (Wildman–Crippen MR) is 64.0 cm³/mol. The van der Waals surface area contributed by atoms with Gasteiger partial charge >= 0.3 is 0 Å². The van der Waals surface area contributed by atoms with Crippen molar-refractivity contribution in [3.63, 3.8) is 0 Å². The maximum Gasteiger partial charge on any atom is 0.197 e. The summed E-state index contributed by atoms with van der Waals surface area (Å²) in [4.78, 5) is 0. The van der Waals surface area contributed by atoms with Gasteiger partial charge in [0.25, 0.3) is 0 Å². The fourth-order valence-electron chi connectivity index (χ4n) is 1.79. The summed E-state index contributed by atoms with van der Waals surface area (Å²) in [6, 6.07) is 1.94. The standard InChI is InChI=1S/C13H17F2NO2/c1-8(2)5-16-6-10-7-17-13-11(15)3-9(14)4-12(13)18-10/h3-4,8,10,16H,5-7H2,1-2H3.